The first-order chi connectivity index (χ1) is 7.06. The second-order valence-corrected chi connectivity index (χ2v) is 4.22. The highest BCUT2D eigenvalue weighted by Gasteiger charge is 2.08. The van der Waals surface area contributed by atoms with Gasteiger partial charge in [-0.2, -0.15) is 0 Å². The minimum atomic E-state index is -0.465. The van der Waals surface area contributed by atoms with Gasteiger partial charge in [-0.05, 0) is 31.0 Å². The van der Waals surface area contributed by atoms with Gasteiger partial charge in [0.05, 0.1) is 16.8 Å². The fourth-order valence-corrected chi connectivity index (χ4v) is 1.88. The van der Waals surface area contributed by atoms with E-state index in [1.807, 2.05) is 25.2 Å². The predicted molar refractivity (Wildman–Crippen MR) is 65.6 cm³/mol. The Labute approximate surface area is 96.5 Å². The molecule has 0 aliphatic carbocycles. The fourth-order valence-electron chi connectivity index (χ4n) is 1.55. The second kappa shape index (κ2) is 5.38. The van der Waals surface area contributed by atoms with Gasteiger partial charge in [-0.15, -0.1) is 0 Å². The zero-order valence-electron chi connectivity index (χ0n) is 9.50. The molecule has 0 aromatic heterocycles. The Hall–Kier alpha value is -0.730. The van der Waals surface area contributed by atoms with Crippen LogP contribution in [-0.4, -0.2) is 18.7 Å². The molecule has 0 aliphatic rings. The summed E-state index contributed by atoms with van der Waals surface area (Å²) in [7, 11) is 2.02. The van der Waals surface area contributed by atoms with Crippen molar-refractivity contribution >= 4 is 17.3 Å². The summed E-state index contributed by atoms with van der Waals surface area (Å²) in [4.78, 5) is 2.12. The molecule has 0 saturated heterocycles. The SMILES string of the molecule is CCCN(C)c1ccc([C@H](C)O)cc1Cl. The topological polar surface area (TPSA) is 23.5 Å². The van der Waals surface area contributed by atoms with Gasteiger partial charge >= 0.3 is 0 Å². The quantitative estimate of drug-likeness (QED) is 0.854. The summed E-state index contributed by atoms with van der Waals surface area (Å²) in [5, 5.41) is 10.1. The summed E-state index contributed by atoms with van der Waals surface area (Å²) in [6, 6.07) is 5.70. The molecule has 0 bridgehead atoms. The van der Waals surface area contributed by atoms with Crippen LogP contribution in [0, 0.1) is 0 Å². The van der Waals surface area contributed by atoms with Crippen LogP contribution in [0.15, 0.2) is 18.2 Å². The Bertz CT molecular complexity index is 325. The molecular formula is C12H18ClNO. The van der Waals surface area contributed by atoms with Crippen molar-refractivity contribution in [2.45, 2.75) is 26.4 Å². The third-order valence-corrected chi connectivity index (χ3v) is 2.73. The average molecular weight is 228 g/mol. The van der Waals surface area contributed by atoms with Gasteiger partial charge in [0.2, 0.25) is 0 Å². The van der Waals surface area contributed by atoms with E-state index in [0.29, 0.717) is 5.02 Å². The maximum atomic E-state index is 9.41. The highest BCUT2D eigenvalue weighted by atomic mass is 35.5. The Kier molecular flexibility index (Phi) is 4.43. The largest absolute Gasteiger partial charge is 0.389 e. The molecule has 0 amide bonds. The van der Waals surface area contributed by atoms with E-state index >= 15 is 0 Å². The maximum Gasteiger partial charge on any atom is 0.0762 e. The molecule has 0 unspecified atom stereocenters. The van der Waals surface area contributed by atoms with Crippen LogP contribution in [0.25, 0.3) is 0 Å². The first-order valence-electron chi connectivity index (χ1n) is 5.25. The highest BCUT2D eigenvalue weighted by molar-refractivity contribution is 6.33. The minimum Gasteiger partial charge on any atom is -0.389 e. The number of benzene rings is 1. The molecule has 1 atom stereocenters. The molecule has 0 radical (unpaired) electrons. The zero-order valence-corrected chi connectivity index (χ0v) is 10.3. The van der Waals surface area contributed by atoms with Crippen LogP contribution in [0.1, 0.15) is 31.9 Å². The van der Waals surface area contributed by atoms with Crippen LogP contribution in [0.4, 0.5) is 5.69 Å². The molecule has 15 heavy (non-hydrogen) atoms. The molecule has 0 aliphatic heterocycles. The van der Waals surface area contributed by atoms with Crippen LogP contribution in [0.3, 0.4) is 0 Å². The molecule has 84 valence electrons. The standard InChI is InChI=1S/C12H18ClNO/c1-4-7-14(3)12-6-5-10(9(2)15)8-11(12)13/h5-6,8-9,15H,4,7H2,1-3H3/t9-/m0/s1. The lowest BCUT2D eigenvalue weighted by Crippen LogP contribution is -2.18. The summed E-state index contributed by atoms with van der Waals surface area (Å²) in [6.07, 6.45) is 0.623. The first kappa shape index (κ1) is 12.3. The van der Waals surface area contributed by atoms with Gasteiger partial charge in [0.1, 0.15) is 0 Å². The van der Waals surface area contributed by atoms with Gasteiger partial charge in [-0.3, -0.25) is 0 Å². The predicted octanol–water partition coefficient (Wildman–Crippen LogP) is 3.24. The van der Waals surface area contributed by atoms with Crippen LogP contribution in [0.5, 0.6) is 0 Å². The summed E-state index contributed by atoms with van der Waals surface area (Å²) >= 11 is 6.15. The van der Waals surface area contributed by atoms with Crippen molar-refractivity contribution in [2.75, 3.05) is 18.5 Å². The number of aliphatic hydroxyl groups is 1. The minimum absolute atomic E-state index is 0.465. The number of hydrogen-bond acceptors (Lipinski definition) is 2. The summed E-state index contributed by atoms with van der Waals surface area (Å²) in [6.45, 7) is 4.85. The number of aliphatic hydroxyl groups excluding tert-OH is 1. The third-order valence-electron chi connectivity index (χ3n) is 2.42. The fraction of sp³-hybridized carbons (Fsp3) is 0.500. The Morgan fingerprint density at radius 2 is 2.13 bits per heavy atom. The second-order valence-electron chi connectivity index (χ2n) is 3.81. The van der Waals surface area contributed by atoms with E-state index in [-0.39, 0.29) is 0 Å². The van der Waals surface area contributed by atoms with Gasteiger partial charge in [0.25, 0.3) is 0 Å². The molecule has 3 heteroatoms. The van der Waals surface area contributed by atoms with Crippen LogP contribution < -0.4 is 4.90 Å². The molecule has 1 rings (SSSR count). The molecule has 0 spiro atoms. The first-order valence-corrected chi connectivity index (χ1v) is 5.62. The van der Waals surface area contributed by atoms with E-state index in [1.165, 1.54) is 0 Å². The number of hydrogen-bond donors (Lipinski definition) is 1. The average Bonchev–Trinajstić information content (AvgIpc) is 2.17. The Balaban J connectivity index is 2.92. The number of nitrogens with zero attached hydrogens (tertiary/aromatic N) is 1. The molecule has 0 saturated carbocycles. The Morgan fingerprint density at radius 1 is 1.47 bits per heavy atom. The van der Waals surface area contributed by atoms with Crippen molar-refractivity contribution < 1.29 is 5.11 Å². The van der Waals surface area contributed by atoms with Crippen molar-refractivity contribution in [3.05, 3.63) is 28.8 Å². The number of rotatable bonds is 4. The zero-order chi connectivity index (χ0) is 11.4. The molecule has 1 aromatic rings. The van der Waals surface area contributed by atoms with Crippen molar-refractivity contribution in [3.63, 3.8) is 0 Å². The lowest BCUT2D eigenvalue weighted by atomic mass is 10.1. The van der Waals surface area contributed by atoms with Gasteiger partial charge < -0.3 is 10.0 Å². The van der Waals surface area contributed by atoms with Gasteiger partial charge in [-0.25, -0.2) is 0 Å². The van der Waals surface area contributed by atoms with E-state index in [0.717, 1.165) is 24.2 Å². The van der Waals surface area contributed by atoms with Crippen molar-refractivity contribution in [1.82, 2.24) is 0 Å². The van der Waals surface area contributed by atoms with Crippen LogP contribution in [0.2, 0.25) is 5.02 Å². The molecule has 0 heterocycles. The Morgan fingerprint density at radius 3 is 2.60 bits per heavy atom. The third kappa shape index (κ3) is 3.11. The summed E-state index contributed by atoms with van der Waals surface area (Å²) < 4.78 is 0. The maximum absolute atomic E-state index is 9.41. The monoisotopic (exact) mass is 227 g/mol. The highest BCUT2D eigenvalue weighted by Crippen LogP contribution is 2.28. The number of anilines is 1. The normalized spacial score (nSPS) is 12.6. The van der Waals surface area contributed by atoms with E-state index in [1.54, 1.807) is 6.92 Å². The van der Waals surface area contributed by atoms with Crippen LogP contribution >= 0.6 is 11.6 Å². The lowest BCUT2D eigenvalue weighted by Gasteiger charge is -2.20. The van der Waals surface area contributed by atoms with Crippen molar-refractivity contribution in [1.29, 1.82) is 0 Å². The van der Waals surface area contributed by atoms with Crippen LogP contribution in [-0.2, 0) is 0 Å². The number of halogens is 1. The van der Waals surface area contributed by atoms with E-state index < -0.39 is 6.10 Å². The molecule has 2 nitrogen and oxygen atoms in total. The molecular weight excluding hydrogens is 210 g/mol. The lowest BCUT2D eigenvalue weighted by molar-refractivity contribution is 0.199. The molecule has 1 aromatic carbocycles. The van der Waals surface area contributed by atoms with E-state index in [2.05, 4.69) is 11.8 Å². The van der Waals surface area contributed by atoms with Crippen molar-refractivity contribution in [3.8, 4) is 0 Å². The van der Waals surface area contributed by atoms with E-state index in [4.69, 9.17) is 11.6 Å². The summed E-state index contributed by atoms with van der Waals surface area (Å²) in [5.41, 5.74) is 1.87. The van der Waals surface area contributed by atoms with Gasteiger partial charge in [0.15, 0.2) is 0 Å². The molecule has 0 fully saturated rings. The smallest absolute Gasteiger partial charge is 0.0762 e. The summed E-state index contributed by atoms with van der Waals surface area (Å²) in [5.74, 6) is 0. The van der Waals surface area contributed by atoms with Gasteiger partial charge in [-0.1, -0.05) is 24.6 Å². The molecule has 1 N–H and O–H groups in total. The van der Waals surface area contributed by atoms with Crippen molar-refractivity contribution in [2.24, 2.45) is 0 Å². The van der Waals surface area contributed by atoms with E-state index in [9.17, 15) is 5.11 Å². The van der Waals surface area contributed by atoms with Gasteiger partial charge in [0, 0.05) is 13.6 Å².